The maximum Gasteiger partial charge on any atom is 0.315 e. The van der Waals surface area contributed by atoms with Gasteiger partial charge in [0.1, 0.15) is 0 Å². The molecule has 19 heavy (non-hydrogen) atoms. The van der Waals surface area contributed by atoms with Crippen molar-refractivity contribution < 1.29 is 19.4 Å². The van der Waals surface area contributed by atoms with Crippen molar-refractivity contribution >= 4 is 12.0 Å². The van der Waals surface area contributed by atoms with Crippen LogP contribution in [0.2, 0.25) is 0 Å². The Balaban J connectivity index is 2.17. The van der Waals surface area contributed by atoms with Gasteiger partial charge >= 0.3 is 12.0 Å². The topological polar surface area (TPSA) is 87.7 Å². The molecular formula is C13H24N2O4. The summed E-state index contributed by atoms with van der Waals surface area (Å²) in [5.41, 5.74) is 0. The fourth-order valence-electron chi connectivity index (χ4n) is 2.24. The molecule has 1 rings (SSSR count). The number of urea groups is 1. The van der Waals surface area contributed by atoms with Crippen LogP contribution in [0.3, 0.4) is 0 Å². The second-order valence-corrected chi connectivity index (χ2v) is 4.91. The van der Waals surface area contributed by atoms with Gasteiger partial charge in [-0.3, -0.25) is 4.79 Å². The molecular weight excluding hydrogens is 248 g/mol. The molecule has 0 aromatic heterocycles. The Bertz CT molecular complexity index is 290. The second kappa shape index (κ2) is 8.74. The van der Waals surface area contributed by atoms with Crippen molar-refractivity contribution in [1.82, 2.24) is 10.6 Å². The molecule has 1 aliphatic heterocycles. The Kier molecular flexibility index (Phi) is 7.25. The molecule has 0 aromatic carbocycles. The predicted octanol–water partition coefficient (Wildman–Crippen LogP) is 1.50. The summed E-state index contributed by atoms with van der Waals surface area (Å²) in [6.45, 7) is 3.34. The van der Waals surface area contributed by atoms with Gasteiger partial charge in [-0.05, 0) is 25.7 Å². The van der Waals surface area contributed by atoms with Gasteiger partial charge in [0, 0.05) is 19.2 Å². The number of carbonyl (C=O) groups is 2. The summed E-state index contributed by atoms with van der Waals surface area (Å²) >= 11 is 0. The first-order valence-corrected chi connectivity index (χ1v) is 6.99. The highest BCUT2D eigenvalue weighted by Crippen LogP contribution is 2.14. The van der Waals surface area contributed by atoms with E-state index in [4.69, 9.17) is 9.84 Å². The van der Waals surface area contributed by atoms with Crippen molar-refractivity contribution in [1.29, 1.82) is 0 Å². The molecule has 0 bridgehead atoms. The number of carbonyl (C=O) groups excluding carboxylic acids is 1. The molecule has 0 aliphatic carbocycles. The standard InChI is InChI=1S/C13H24N2O4/c1-2-4-10(9-12(16)17)15-13(18)14-7-6-11-5-3-8-19-11/h10-11H,2-9H2,1H3,(H,16,17)(H2,14,15,18). The first-order chi connectivity index (χ1) is 9.11. The maximum absolute atomic E-state index is 11.6. The van der Waals surface area contributed by atoms with Crippen molar-refractivity contribution in [2.45, 2.75) is 57.6 Å². The predicted molar refractivity (Wildman–Crippen MR) is 71.1 cm³/mol. The molecule has 2 unspecified atom stereocenters. The lowest BCUT2D eigenvalue weighted by atomic mass is 10.1. The summed E-state index contributed by atoms with van der Waals surface area (Å²) in [7, 11) is 0. The fraction of sp³-hybridized carbons (Fsp3) is 0.846. The number of nitrogens with one attached hydrogen (secondary N) is 2. The van der Waals surface area contributed by atoms with Crippen LogP contribution in [-0.2, 0) is 9.53 Å². The first-order valence-electron chi connectivity index (χ1n) is 6.99. The van der Waals surface area contributed by atoms with Crippen LogP contribution >= 0.6 is 0 Å². The highest BCUT2D eigenvalue weighted by molar-refractivity contribution is 5.75. The molecule has 1 heterocycles. The van der Waals surface area contributed by atoms with Crippen LogP contribution < -0.4 is 10.6 Å². The highest BCUT2D eigenvalue weighted by atomic mass is 16.5. The van der Waals surface area contributed by atoms with E-state index in [2.05, 4.69) is 10.6 Å². The Hall–Kier alpha value is -1.30. The average Bonchev–Trinajstić information content (AvgIpc) is 2.81. The lowest BCUT2D eigenvalue weighted by Crippen LogP contribution is -2.43. The van der Waals surface area contributed by atoms with Crippen LogP contribution in [0.5, 0.6) is 0 Å². The van der Waals surface area contributed by atoms with Crippen molar-refractivity contribution in [2.75, 3.05) is 13.2 Å². The SMILES string of the molecule is CCCC(CC(=O)O)NC(=O)NCCC1CCCO1. The van der Waals surface area contributed by atoms with Gasteiger partial charge in [-0.25, -0.2) is 4.79 Å². The third-order valence-electron chi connectivity index (χ3n) is 3.17. The third kappa shape index (κ3) is 7.00. The summed E-state index contributed by atoms with van der Waals surface area (Å²) in [5.74, 6) is -0.891. The van der Waals surface area contributed by atoms with Gasteiger partial charge in [-0.15, -0.1) is 0 Å². The van der Waals surface area contributed by atoms with Crippen molar-refractivity contribution in [3.8, 4) is 0 Å². The lowest BCUT2D eigenvalue weighted by Gasteiger charge is -2.17. The third-order valence-corrected chi connectivity index (χ3v) is 3.17. The van der Waals surface area contributed by atoms with Crippen LogP contribution in [0.1, 0.15) is 45.4 Å². The fourth-order valence-corrected chi connectivity index (χ4v) is 2.24. The highest BCUT2D eigenvalue weighted by Gasteiger charge is 2.17. The van der Waals surface area contributed by atoms with Crippen molar-refractivity contribution in [3.05, 3.63) is 0 Å². The summed E-state index contributed by atoms with van der Waals surface area (Å²) in [6, 6.07) is -0.595. The molecule has 0 spiro atoms. The first kappa shape index (κ1) is 15.8. The Morgan fingerprint density at radius 2 is 2.26 bits per heavy atom. The number of hydrogen-bond acceptors (Lipinski definition) is 3. The molecule has 110 valence electrons. The lowest BCUT2D eigenvalue weighted by molar-refractivity contribution is -0.137. The molecule has 3 N–H and O–H groups in total. The van der Waals surface area contributed by atoms with E-state index in [-0.39, 0.29) is 24.6 Å². The Morgan fingerprint density at radius 3 is 2.84 bits per heavy atom. The van der Waals surface area contributed by atoms with E-state index in [9.17, 15) is 9.59 Å². The van der Waals surface area contributed by atoms with E-state index < -0.39 is 5.97 Å². The molecule has 0 radical (unpaired) electrons. The van der Waals surface area contributed by atoms with E-state index in [0.29, 0.717) is 13.0 Å². The van der Waals surface area contributed by atoms with Crippen molar-refractivity contribution in [2.24, 2.45) is 0 Å². The molecule has 6 nitrogen and oxygen atoms in total. The molecule has 1 aliphatic rings. The van der Waals surface area contributed by atoms with E-state index >= 15 is 0 Å². The van der Waals surface area contributed by atoms with Gasteiger partial charge in [-0.2, -0.15) is 0 Å². The Morgan fingerprint density at radius 1 is 1.47 bits per heavy atom. The quantitative estimate of drug-likeness (QED) is 0.625. The number of carboxylic acids is 1. The van der Waals surface area contributed by atoms with Gasteiger partial charge in [0.15, 0.2) is 0 Å². The zero-order valence-electron chi connectivity index (χ0n) is 11.5. The Labute approximate surface area is 113 Å². The molecule has 0 saturated carbocycles. The van der Waals surface area contributed by atoms with E-state index in [1.807, 2.05) is 6.92 Å². The molecule has 2 atom stereocenters. The largest absolute Gasteiger partial charge is 0.481 e. The van der Waals surface area contributed by atoms with E-state index in [1.165, 1.54) is 0 Å². The van der Waals surface area contributed by atoms with Crippen LogP contribution in [-0.4, -0.2) is 42.4 Å². The van der Waals surface area contributed by atoms with Crippen molar-refractivity contribution in [3.63, 3.8) is 0 Å². The summed E-state index contributed by atoms with van der Waals surface area (Å²) in [6.07, 6.45) is 4.69. The van der Waals surface area contributed by atoms with Crippen LogP contribution in [0, 0.1) is 0 Å². The second-order valence-electron chi connectivity index (χ2n) is 4.91. The van der Waals surface area contributed by atoms with Gasteiger partial charge in [-0.1, -0.05) is 13.3 Å². The monoisotopic (exact) mass is 272 g/mol. The summed E-state index contributed by atoms with van der Waals surface area (Å²) in [5, 5.41) is 14.2. The van der Waals surface area contributed by atoms with E-state index in [1.54, 1.807) is 0 Å². The van der Waals surface area contributed by atoms with Gasteiger partial charge in [0.25, 0.3) is 0 Å². The summed E-state index contributed by atoms with van der Waals surface area (Å²) in [4.78, 5) is 22.3. The minimum atomic E-state index is -0.891. The number of amides is 2. The minimum absolute atomic E-state index is 0.0347. The summed E-state index contributed by atoms with van der Waals surface area (Å²) < 4.78 is 5.46. The zero-order valence-corrected chi connectivity index (χ0v) is 11.5. The van der Waals surface area contributed by atoms with Crippen LogP contribution in [0.25, 0.3) is 0 Å². The number of aliphatic carboxylic acids is 1. The molecule has 1 fully saturated rings. The van der Waals surface area contributed by atoms with E-state index in [0.717, 1.165) is 32.3 Å². The van der Waals surface area contributed by atoms with Gasteiger partial charge in [0.2, 0.25) is 0 Å². The number of hydrogen-bond donors (Lipinski definition) is 3. The number of carboxylic acid groups (broad SMARTS) is 1. The number of ether oxygens (including phenoxy) is 1. The molecule has 0 aromatic rings. The van der Waals surface area contributed by atoms with Gasteiger partial charge in [0.05, 0.1) is 12.5 Å². The minimum Gasteiger partial charge on any atom is -0.481 e. The molecule has 2 amide bonds. The maximum atomic E-state index is 11.6. The number of rotatable bonds is 8. The zero-order chi connectivity index (χ0) is 14.1. The molecule has 6 heteroatoms. The molecule has 1 saturated heterocycles. The van der Waals surface area contributed by atoms with Crippen LogP contribution in [0.4, 0.5) is 4.79 Å². The smallest absolute Gasteiger partial charge is 0.315 e. The van der Waals surface area contributed by atoms with Gasteiger partial charge < -0.3 is 20.5 Å². The van der Waals surface area contributed by atoms with Crippen LogP contribution in [0.15, 0.2) is 0 Å². The average molecular weight is 272 g/mol. The normalized spacial score (nSPS) is 19.9.